The molecule has 0 radical (unpaired) electrons. The van der Waals surface area contributed by atoms with Gasteiger partial charge in [-0.15, -0.1) is 0 Å². The molecule has 1 aliphatic heterocycles. The number of ether oxygens (including phenoxy) is 2. The topological polar surface area (TPSA) is 120 Å². The molecule has 10 heteroatoms. The molecule has 0 aliphatic carbocycles. The van der Waals surface area contributed by atoms with Gasteiger partial charge in [0.05, 0.1) is 22.6 Å². The number of methoxy groups -OCH3 is 1. The highest BCUT2D eigenvalue weighted by Gasteiger charge is 2.24. The molecule has 4 rings (SSSR count). The molecule has 34 heavy (non-hydrogen) atoms. The summed E-state index contributed by atoms with van der Waals surface area (Å²) >= 11 is 1.18. The number of nitrogens with two attached hydrogens (primary N) is 1. The maximum atomic E-state index is 12.5. The summed E-state index contributed by atoms with van der Waals surface area (Å²) in [4.78, 5) is 17.3. The van der Waals surface area contributed by atoms with Gasteiger partial charge in [0.25, 0.3) is 5.91 Å². The van der Waals surface area contributed by atoms with Crippen molar-refractivity contribution in [2.45, 2.75) is 11.5 Å². The quantitative estimate of drug-likeness (QED) is 0.481. The van der Waals surface area contributed by atoms with Gasteiger partial charge in [-0.3, -0.25) is 4.79 Å². The van der Waals surface area contributed by atoms with Gasteiger partial charge in [0.1, 0.15) is 6.61 Å². The fourth-order valence-corrected chi connectivity index (χ4v) is 4.45. The number of aliphatic imine (C=N–C) groups is 1. The number of rotatable bonds is 7. The van der Waals surface area contributed by atoms with E-state index < -0.39 is 10.0 Å². The molecule has 174 valence electrons. The van der Waals surface area contributed by atoms with E-state index in [1.807, 2.05) is 42.5 Å². The molecular formula is C24H21N3O5S2. The molecule has 0 unspecified atom stereocenters. The molecule has 1 aliphatic rings. The summed E-state index contributed by atoms with van der Waals surface area (Å²) in [5.41, 5.74) is 2.27. The Morgan fingerprint density at radius 2 is 1.76 bits per heavy atom. The number of carbonyl (C=O) groups excluding carboxylic acids is 1. The van der Waals surface area contributed by atoms with E-state index in [1.165, 1.54) is 36.0 Å². The molecule has 8 nitrogen and oxygen atoms in total. The summed E-state index contributed by atoms with van der Waals surface area (Å²) in [6.45, 7) is 0.382. The van der Waals surface area contributed by atoms with Gasteiger partial charge >= 0.3 is 0 Å². The van der Waals surface area contributed by atoms with Crippen LogP contribution in [0.1, 0.15) is 11.1 Å². The highest BCUT2D eigenvalue weighted by molar-refractivity contribution is 8.18. The van der Waals surface area contributed by atoms with Crippen LogP contribution in [-0.2, 0) is 21.4 Å². The lowest BCUT2D eigenvalue weighted by Gasteiger charge is -2.11. The first-order valence-corrected chi connectivity index (χ1v) is 12.5. The Hall–Kier alpha value is -3.60. The van der Waals surface area contributed by atoms with Gasteiger partial charge < -0.3 is 14.8 Å². The van der Waals surface area contributed by atoms with E-state index in [4.69, 9.17) is 14.6 Å². The Morgan fingerprint density at radius 1 is 1.03 bits per heavy atom. The van der Waals surface area contributed by atoms with Gasteiger partial charge in [-0.25, -0.2) is 18.5 Å². The third-order valence-corrected chi connectivity index (χ3v) is 6.61. The lowest BCUT2D eigenvalue weighted by atomic mass is 10.2. The highest BCUT2D eigenvalue weighted by atomic mass is 32.2. The molecule has 3 aromatic carbocycles. The number of benzene rings is 3. The zero-order valence-electron chi connectivity index (χ0n) is 18.1. The predicted octanol–water partition coefficient (Wildman–Crippen LogP) is 3.81. The van der Waals surface area contributed by atoms with Crippen LogP contribution in [0.3, 0.4) is 0 Å². The van der Waals surface area contributed by atoms with Crippen LogP contribution in [0.25, 0.3) is 6.08 Å². The summed E-state index contributed by atoms with van der Waals surface area (Å²) < 4.78 is 34.1. The minimum atomic E-state index is -3.78. The number of sulfonamides is 1. The molecule has 1 saturated heterocycles. The fourth-order valence-electron chi connectivity index (χ4n) is 3.09. The maximum Gasteiger partial charge on any atom is 0.264 e. The molecule has 3 aromatic rings. The summed E-state index contributed by atoms with van der Waals surface area (Å²) in [6.07, 6.45) is 1.74. The van der Waals surface area contributed by atoms with Crippen LogP contribution in [0.5, 0.6) is 11.5 Å². The van der Waals surface area contributed by atoms with Crippen LogP contribution in [0.4, 0.5) is 5.69 Å². The van der Waals surface area contributed by atoms with Gasteiger partial charge in [0, 0.05) is 0 Å². The number of amidine groups is 1. The van der Waals surface area contributed by atoms with Crippen LogP contribution >= 0.6 is 11.8 Å². The zero-order chi connectivity index (χ0) is 24.1. The Labute approximate surface area is 201 Å². The number of hydrogen-bond donors (Lipinski definition) is 2. The SMILES string of the molecule is COc1ccc(/C=C2\SC(=Nc3ccc(S(N)(=O)=O)cc3)NC2=O)cc1OCc1ccccc1. The minimum absolute atomic E-state index is 0.00932. The van der Waals surface area contributed by atoms with Crippen LogP contribution in [-0.4, -0.2) is 26.6 Å². The molecule has 0 bridgehead atoms. The van der Waals surface area contributed by atoms with Gasteiger partial charge in [0.15, 0.2) is 16.7 Å². The van der Waals surface area contributed by atoms with Crippen LogP contribution in [0.2, 0.25) is 0 Å². The molecule has 0 spiro atoms. The van der Waals surface area contributed by atoms with Crippen molar-refractivity contribution in [1.29, 1.82) is 0 Å². The number of primary sulfonamides is 1. The van der Waals surface area contributed by atoms with Crippen molar-refractivity contribution in [2.24, 2.45) is 10.1 Å². The fraction of sp³-hybridized carbons (Fsp3) is 0.0833. The second kappa shape index (κ2) is 10.1. The summed E-state index contributed by atoms with van der Waals surface area (Å²) in [5.74, 6) is 0.868. The third kappa shape index (κ3) is 5.84. The van der Waals surface area contributed by atoms with Gasteiger partial charge in [0.2, 0.25) is 10.0 Å². The van der Waals surface area contributed by atoms with E-state index in [1.54, 1.807) is 19.3 Å². The third-order valence-electron chi connectivity index (χ3n) is 4.77. The molecule has 0 atom stereocenters. The van der Waals surface area contributed by atoms with Crippen LogP contribution in [0, 0.1) is 0 Å². The Bertz CT molecular complexity index is 1370. The highest BCUT2D eigenvalue weighted by Crippen LogP contribution is 2.32. The second-order valence-corrected chi connectivity index (χ2v) is 9.80. The lowest BCUT2D eigenvalue weighted by Crippen LogP contribution is -2.19. The Balaban J connectivity index is 1.51. The van der Waals surface area contributed by atoms with Crippen molar-refractivity contribution in [3.05, 3.63) is 88.8 Å². The number of carbonyl (C=O) groups is 1. The number of hydrogen-bond acceptors (Lipinski definition) is 7. The van der Waals surface area contributed by atoms with Crippen molar-refractivity contribution in [1.82, 2.24) is 5.32 Å². The van der Waals surface area contributed by atoms with E-state index >= 15 is 0 Å². The standard InChI is InChI=1S/C24H21N3O5S2/c1-31-20-12-7-17(13-21(20)32-15-16-5-3-2-4-6-16)14-22-23(28)27-24(33-22)26-18-8-10-19(11-9-18)34(25,29)30/h2-14H,15H2,1H3,(H2,25,29,30)(H,26,27,28)/b22-14-. The van der Waals surface area contributed by atoms with Gasteiger partial charge in [-0.1, -0.05) is 36.4 Å². The van der Waals surface area contributed by atoms with E-state index in [0.29, 0.717) is 33.9 Å². The molecule has 3 N–H and O–H groups in total. The number of amides is 1. The maximum absolute atomic E-state index is 12.5. The summed E-state index contributed by atoms with van der Waals surface area (Å²) in [5, 5.41) is 8.20. The zero-order valence-corrected chi connectivity index (χ0v) is 19.7. The second-order valence-electron chi connectivity index (χ2n) is 7.21. The van der Waals surface area contributed by atoms with E-state index in [9.17, 15) is 13.2 Å². The molecule has 1 heterocycles. The smallest absolute Gasteiger partial charge is 0.264 e. The number of nitrogens with zero attached hydrogens (tertiary/aromatic N) is 1. The molecule has 1 amide bonds. The average Bonchev–Trinajstić information content (AvgIpc) is 3.16. The Morgan fingerprint density at radius 3 is 2.44 bits per heavy atom. The largest absolute Gasteiger partial charge is 0.493 e. The van der Waals surface area contributed by atoms with E-state index in [0.717, 1.165) is 11.1 Å². The van der Waals surface area contributed by atoms with Gasteiger partial charge in [-0.2, -0.15) is 0 Å². The van der Waals surface area contributed by atoms with Crippen molar-refractivity contribution < 1.29 is 22.7 Å². The summed E-state index contributed by atoms with van der Waals surface area (Å²) in [6, 6.07) is 21.0. The van der Waals surface area contributed by atoms with Gasteiger partial charge in [-0.05, 0) is 65.4 Å². The molecule has 1 fully saturated rings. The molecule has 0 aromatic heterocycles. The first kappa shape index (κ1) is 23.6. The normalized spacial score (nSPS) is 16.0. The van der Waals surface area contributed by atoms with Crippen molar-refractivity contribution >= 4 is 44.6 Å². The van der Waals surface area contributed by atoms with Crippen LogP contribution < -0.4 is 19.9 Å². The first-order chi connectivity index (χ1) is 16.3. The first-order valence-electron chi connectivity index (χ1n) is 10.1. The predicted molar refractivity (Wildman–Crippen MR) is 132 cm³/mol. The lowest BCUT2D eigenvalue weighted by molar-refractivity contribution is -0.115. The average molecular weight is 496 g/mol. The number of thioether (sulfide) groups is 1. The number of nitrogens with one attached hydrogen (secondary N) is 1. The summed E-state index contributed by atoms with van der Waals surface area (Å²) in [7, 11) is -2.21. The van der Waals surface area contributed by atoms with Crippen molar-refractivity contribution in [3.63, 3.8) is 0 Å². The van der Waals surface area contributed by atoms with E-state index in [-0.39, 0.29) is 10.8 Å². The minimum Gasteiger partial charge on any atom is -0.493 e. The molecular weight excluding hydrogens is 474 g/mol. The van der Waals surface area contributed by atoms with E-state index in [2.05, 4.69) is 10.3 Å². The Kier molecular flexibility index (Phi) is 7.01. The van der Waals surface area contributed by atoms with Crippen molar-refractivity contribution in [2.75, 3.05) is 7.11 Å². The van der Waals surface area contributed by atoms with Crippen LogP contribution in [0.15, 0.2) is 87.6 Å². The monoisotopic (exact) mass is 495 g/mol. The molecule has 0 saturated carbocycles. The van der Waals surface area contributed by atoms with Crippen molar-refractivity contribution in [3.8, 4) is 11.5 Å².